The molecular weight excluding hydrogens is 402 g/mol. The third-order valence-corrected chi connectivity index (χ3v) is 6.98. The highest BCUT2D eigenvalue weighted by Gasteiger charge is 2.29. The number of anilines is 1. The second kappa shape index (κ2) is 8.91. The number of morpholine rings is 1. The molecule has 1 saturated heterocycles. The fraction of sp³-hybridized carbons (Fsp3) is 0.273. The highest BCUT2D eigenvalue weighted by molar-refractivity contribution is 7.89. The maximum Gasteiger partial charge on any atom is 0.246 e. The molecule has 4 rings (SSSR count). The maximum absolute atomic E-state index is 13.1. The molecule has 7 nitrogen and oxygen atoms in total. The lowest BCUT2D eigenvalue weighted by atomic mass is 10.2. The number of sulfonamides is 1. The van der Waals surface area contributed by atoms with Crippen LogP contribution >= 0.6 is 0 Å². The molecule has 2 aromatic carbocycles. The van der Waals surface area contributed by atoms with E-state index in [4.69, 9.17) is 9.47 Å². The van der Waals surface area contributed by atoms with Crippen LogP contribution < -0.4 is 10.1 Å². The second-order valence-corrected chi connectivity index (χ2v) is 8.90. The van der Waals surface area contributed by atoms with Gasteiger partial charge in [-0.05, 0) is 48.0 Å². The minimum atomic E-state index is -3.66. The smallest absolute Gasteiger partial charge is 0.246 e. The molecule has 1 aliphatic heterocycles. The first kappa shape index (κ1) is 20.5. The topological polar surface area (TPSA) is 72.8 Å². The van der Waals surface area contributed by atoms with Crippen LogP contribution in [0.1, 0.15) is 5.56 Å². The normalized spacial score (nSPS) is 15.1. The van der Waals surface area contributed by atoms with Gasteiger partial charge in [0.15, 0.2) is 0 Å². The number of rotatable bonds is 7. The number of hydrogen-bond donors (Lipinski definition) is 1. The molecule has 0 unspecified atom stereocenters. The summed E-state index contributed by atoms with van der Waals surface area (Å²) in [6.07, 6.45) is 4.00. The lowest BCUT2D eigenvalue weighted by molar-refractivity contribution is 0.0729. The molecule has 0 spiro atoms. The molecule has 30 heavy (non-hydrogen) atoms. The molecule has 1 aliphatic rings. The van der Waals surface area contributed by atoms with Gasteiger partial charge in [-0.25, -0.2) is 8.42 Å². The zero-order valence-corrected chi connectivity index (χ0v) is 17.6. The molecule has 158 valence electrons. The van der Waals surface area contributed by atoms with Gasteiger partial charge in [-0.1, -0.05) is 12.1 Å². The highest BCUT2D eigenvalue weighted by atomic mass is 32.2. The summed E-state index contributed by atoms with van der Waals surface area (Å²) in [6.45, 7) is 2.05. The molecule has 0 bridgehead atoms. The molecule has 0 radical (unpaired) electrons. The Kier molecular flexibility index (Phi) is 6.08. The molecule has 0 aliphatic carbocycles. The highest BCUT2D eigenvalue weighted by Crippen LogP contribution is 2.30. The molecule has 1 fully saturated rings. The Morgan fingerprint density at radius 3 is 2.53 bits per heavy atom. The molecule has 8 heteroatoms. The van der Waals surface area contributed by atoms with E-state index in [1.807, 2.05) is 53.4 Å². The van der Waals surface area contributed by atoms with Crippen LogP contribution in [-0.2, 0) is 21.3 Å². The van der Waals surface area contributed by atoms with E-state index in [0.29, 0.717) is 44.3 Å². The van der Waals surface area contributed by atoms with Crippen LogP contribution in [0.25, 0.3) is 5.69 Å². The van der Waals surface area contributed by atoms with E-state index in [0.717, 1.165) is 11.3 Å². The summed E-state index contributed by atoms with van der Waals surface area (Å²) < 4.78 is 40.4. The Hall–Kier alpha value is -2.81. The molecule has 1 N–H and O–H groups in total. The number of ether oxygens (including phenoxy) is 2. The first-order valence-corrected chi connectivity index (χ1v) is 11.2. The van der Waals surface area contributed by atoms with Gasteiger partial charge in [0.25, 0.3) is 0 Å². The summed E-state index contributed by atoms with van der Waals surface area (Å²) in [7, 11) is -2.18. The van der Waals surface area contributed by atoms with Crippen LogP contribution in [0.3, 0.4) is 0 Å². The third kappa shape index (κ3) is 4.35. The van der Waals surface area contributed by atoms with E-state index in [1.54, 1.807) is 12.1 Å². The number of aromatic nitrogens is 1. The van der Waals surface area contributed by atoms with E-state index in [1.165, 1.54) is 11.4 Å². The number of nitrogens with one attached hydrogen (secondary N) is 1. The van der Waals surface area contributed by atoms with E-state index in [-0.39, 0.29) is 4.90 Å². The zero-order chi connectivity index (χ0) is 21.0. The average Bonchev–Trinajstić information content (AvgIpc) is 3.33. The molecule has 3 aromatic rings. The fourth-order valence-corrected chi connectivity index (χ4v) is 5.04. The van der Waals surface area contributed by atoms with Gasteiger partial charge in [0.1, 0.15) is 10.6 Å². The van der Waals surface area contributed by atoms with Gasteiger partial charge < -0.3 is 19.4 Å². The monoisotopic (exact) mass is 427 g/mol. The van der Waals surface area contributed by atoms with Gasteiger partial charge in [0, 0.05) is 43.4 Å². The first-order chi connectivity index (χ1) is 14.6. The molecule has 1 aromatic heterocycles. The Labute approximate surface area is 176 Å². The fourth-order valence-electron chi connectivity index (χ4n) is 3.45. The van der Waals surface area contributed by atoms with Crippen LogP contribution in [0, 0.1) is 0 Å². The van der Waals surface area contributed by atoms with Gasteiger partial charge in [0.2, 0.25) is 10.0 Å². The predicted molar refractivity (Wildman–Crippen MR) is 116 cm³/mol. The Balaban J connectivity index is 1.54. The van der Waals surface area contributed by atoms with Crippen molar-refractivity contribution < 1.29 is 17.9 Å². The Morgan fingerprint density at radius 1 is 1.03 bits per heavy atom. The van der Waals surface area contributed by atoms with Crippen LogP contribution in [-0.4, -0.2) is 50.7 Å². The van der Waals surface area contributed by atoms with Crippen molar-refractivity contribution >= 4 is 15.7 Å². The molecule has 2 heterocycles. The van der Waals surface area contributed by atoms with Gasteiger partial charge >= 0.3 is 0 Å². The van der Waals surface area contributed by atoms with Crippen LogP contribution in [0.15, 0.2) is 71.9 Å². The summed E-state index contributed by atoms with van der Waals surface area (Å²) in [6, 6.07) is 17.3. The quantitative estimate of drug-likeness (QED) is 0.627. The predicted octanol–water partition coefficient (Wildman–Crippen LogP) is 3.12. The van der Waals surface area contributed by atoms with Crippen molar-refractivity contribution in [2.45, 2.75) is 11.4 Å². The van der Waals surface area contributed by atoms with Gasteiger partial charge in [0.05, 0.1) is 20.3 Å². The van der Waals surface area contributed by atoms with E-state index < -0.39 is 10.0 Å². The average molecular weight is 428 g/mol. The van der Waals surface area contributed by atoms with E-state index in [2.05, 4.69) is 11.4 Å². The van der Waals surface area contributed by atoms with Crippen molar-refractivity contribution in [3.63, 3.8) is 0 Å². The number of benzene rings is 2. The van der Waals surface area contributed by atoms with Gasteiger partial charge in [-0.3, -0.25) is 0 Å². The largest absolute Gasteiger partial charge is 0.495 e. The maximum atomic E-state index is 13.1. The zero-order valence-electron chi connectivity index (χ0n) is 16.8. The van der Waals surface area contributed by atoms with Crippen molar-refractivity contribution in [3.05, 3.63) is 72.6 Å². The van der Waals surface area contributed by atoms with Crippen molar-refractivity contribution in [2.75, 3.05) is 38.7 Å². The minimum Gasteiger partial charge on any atom is -0.495 e. The SMILES string of the molecule is COc1ccc(NCc2cccc(-n3cccc3)c2)cc1S(=O)(=O)N1CCOCC1. The summed E-state index contributed by atoms with van der Waals surface area (Å²) in [5.74, 6) is 0.335. The summed E-state index contributed by atoms with van der Waals surface area (Å²) in [4.78, 5) is 0.165. The molecule has 0 atom stereocenters. The number of nitrogens with zero attached hydrogens (tertiary/aromatic N) is 2. The van der Waals surface area contributed by atoms with Crippen LogP contribution in [0.2, 0.25) is 0 Å². The lowest BCUT2D eigenvalue weighted by Crippen LogP contribution is -2.40. The second-order valence-electron chi connectivity index (χ2n) is 7.00. The minimum absolute atomic E-state index is 0.165. The van der Waals surface area contributed by atoms with Gasteiger partial charge in [-0.2, -0.15) is 4.31 Å². The van der Waals surface area contributed by atoms with E-state index in [9.17, 15) is 8.42 Å². The van der Waals surface area contributed by atoms with Crippen molar-refractivity contribution in [1.82, 2.24) is 8.87 Å². The van der Waals surface area contributed by atoms with Crippen molar-refractivity contribution in [1.29, 1.82) is 0 Å². The summed E-state index contributed by atoms with van der Waals surface area (Å²) >= 11 is 0. The number of hydrogen-bond acceptors (Lipinski definition) is 5. The molecular formula is C22H25N3O4S. The Morgan fingerprint density at radius 2 is 1.80 bits per heavy atom. The van der Waals surface area contributed by atoms with Crippen molar-refractivity contribution in [3.8, 4) is 11.4 Å². The Bertz CT molecular complexity index is 1090. The molecule has 0 amide bonds. The lowest BCUT2D eigenvalue weighted by Gasteiger charge is -2.27. The van der Waals surface area contributed by atoms with Crippen molar-refractivity contribution in [2.24, 2.45) is 0 Å². The van der Waals surface area contributed by atoms with E-state index >= 15 is 0 Å². The molecule has 0 saturated carbocycles. The standard InChI is InChI=1S/C22H25N3O4S/c1-28-21-8-7-19(16-22(21)30(26,27)25-11-13-29-14-12-25)23-17-18-5-4-6-20(15-18)24-9-2-3-10-24/h2-10,15-16,23H,11-14,17H2,1H3. The van der Waals surface area contributed by atoms with Crippen LogP contribution in [0.5, 0.6) is 5.75 Å². The van der Waals surface area contributed by atoms with Crippen LogP contribution in [0.4, 0.5) is 5.69 Å². The summed E-state index contributed by atoms with van der Waals surface area (Å²) in [5, 5.41) is 3.33. The first-order valence-electron chi connectivity index (χ1n) is 9.80. The summed E-state index contributed by atoms with van der Waals surface area (Å²) in [5.41, 5.74) is 2.88. The number of methoxy groups -OCH3 is 1. The third-order valence-electron chi connectivity index (χ3n) is 5.06. The van der Waals surface area contributed by atoms with Gasteiger partial charge in [-0.15, -0.1) is 0 Å².